The largest absolute Gasteiger partial charge is 0.497 e. The van der Waals surface area contributed by atoms with E-state index >= 15 is 0 Å². The zero-order valence-electron chi connectivity index (χ0n) is 16.6. The zero-order valence-corrected chi connectivity index (χ0v) is 16.6. The van der Waals surface area contributed by atoms with Gasteiger partial charge >= 0.3 is 0 Å². The lowest BCUT2D eigenvalue weighted by atomic mass is 9.89. The second-order valence-electron chi connectivity index (χ2n) is 7.96. The Morgan fingerprint density at radius 3 is 2.68 bits per heavy atom. The number of piperidine rings is 1. The third-order valence-corrected chi connectivity index (χ3v) is 6.23. The normalized spacial score (nSPS) is 16.6. The second kappa shape index (κ2) is 7.51. The Balaban J connectivity index is 1.39. The van der Waals surface area contributed by atoms with E-state index in [1.807, 2.05) is 6.07 Å². The molecule has 2 aromatic carbocycles. The molecule has 0 spiro atoms. The molecule has 0 saturated carbocycles. The fourth-order valence-corrected chi connectivity index (χ4v) is 4.67. The fourth-order valence-electron chi connectivity index (χ4n) is 4.67. The summed E-state index contributed by atoms with van der Waals surface area (Å²) in [4.78, 5) is 6.16. The van der Waals surface area contributed by atoms with E-state index in [0.29, 0.717) is 0 Å². The minimum Gasteiger partial charge on any atom is -0.497 e. The Labute approximate surface area is 166 Å². The summed E-state index contributed by atoms with van der Waals surface area (Å²) in [5, 5.41) is 1.27. The van der Waals surface area contributed by atoms with Crippen LogP contribution in [0, 0.1) is 0 Å². The van der Waals surface area contributed by atoms with Crippen molar-refractivity contribution in [3.8, 4) is 22.8 Å². The lowest BCUT2D eigenvalue weighted by molar-refractivity contribution is 0.183. The average Bonchev–Trinajstić information content (AvgIpc) is 3.13. The molecule has 0 atom stereocenters. The van der Waals surface area contributed by atoms with E-state index in [0.717, 1.165) is 37.5 Å². The van der Waals surface area contributed by atoms with Crippen molar-refractivity contribution in [2.24, 2.45) is 0 Å². The molecule has 1 fully saturated rings. The number of aromatic nitrogens is 1. The van der Waals surface area contributed by atoms with Crippen LogP contribution in [0.5, 0.6) is 11.5 Å². The second-order valence-corrected chi connectivity index (χ2v) is 7.96. The lowest BCUT2D eigenvalue weighted by Gasteiger charge is -2.26. The van der Waals surface area contributed by atoms with Gasteiger partial charge in [0, 0.05) is 23.0 Å². The number of hydrogen-bond acceptors (Lipinski definition) is 3. The van der Waals surface area contributed by atoms with Gasteiger partial charge in [-0.3, -0.25) is 4.90 Å². The van der Waals surface area contributed by atoms with Gasteiger partial charge in [0.2, 0.25) is 0 Å². The maximum absolute atomic E-state index is 6.12. The topological polar surface area (TPSA) is 37.5 Å². The number of benzene rings is 2. The molecule has 28 heavy (non-hydrogen) atoms. The first-order valence-corrected chi connectivity index (χ1v) is 10.5. The molecule has 5 rings (SSSR count). The van der Waals surface area contributed by atoms with Crippen LogP contribution in [0.25, 0.3) is 22.2 Å². The number of ether oxygens (including phenoxy) is 2. The van der Waals surface area contributed by atoms with Crippen LogP contribution < -0.4 is 9.47 Å². The number of methoxy groups -OCH3 is 1. The van der Waals surface area contributed by atoms with Crippen molar-refractivity contribution in [1.82, 2.24) is 9.88 Å². The number of aryl methyl sites for hydroxylation is 2. The molecule has 146 valence electrons. The highest BCUT2D eigenvalue weighted by atomic mass is 16.5. The predicted octanol–water partition coefficient (Wildman–Crippen LogP) is 4.81. The lowest BCUT2D eigenvalue weighted by Crippen LogP contribution is -2.33. The van der Waals surface area contributed by atoms with Gasteiger partial charge in [-0.2, -0.15) is 0 Å². The van der Waals surface area contributed by atoms with Gasteiger partial charge in [-0.1, -0.05) is 12.5 Å². The van der Waals surface area contributed by atoms with Gasteiger partial charge in [0.05, 0.1) is 12.8 Å². The van der Waals surface area contributed by atoms with Gasteiger partial charge in [0.1, 0.15) is 18.1 Å². The van der Waals surface area contributed by atoms with Crippen molar-refractivity contribution in [3.63, 3.8) is 0 Å². The van der Waals surface area contributed by atoms with E-state index in [1.54, 1.807) is 7.11 Å². The molecule has 0 unspecified atom stereocenters. The molecule has 4 nitrogen and oxygen atoms in total. The number of nitrogens with zero attached hydrogens (tertiary/aromatic N) is 1. The van der Waals surface area contributed by atoms with Gasteiger partial charge in [-0.15, -0.1) is 0 Å². The van der Waals surface area contributed by atoms with Crippen LogP contribution in [-0.2, 0) is 12.8 Å². The molecule has 1 aliphatic heterocycles. The SMILES string of the molecule is COc1ccc2[nH]c3c(c2c1)CCc1ccc(OCCN2CCCCC2)cc1-3. The number of H-pyrrole nitrogens is 1. The Kier molecular flexibility index (Phi) is 4.73. The highest BCUT2D eigenvalue weighted by molar-refractivity contribution is 5.93. The first-order chi connectivity index (χ1) is 13.8. The summed E-state index contributed by atoms with van der Waals surface area (Å²) < 4.78 is 11.6. The van der Waals surface area contributed by atoms with Crippen molar-refractivity contribution >= 4 is 10.9 Å². The fraction of sp³-hybridized carbons (Fsp3) is 0.417. The number of likely N-dealkylation sites (tertiary alicyclic amines) is 1. The molecule has 1 aromatic heterocycles. The van der Waals surface area contributed by atoms with Crippen LogP contribution in [0.4, 0.5) is 0 Å². The van der Waals surface area contributed by atoms with Gasteiger partial charge in [-0.25, -0.2) is 0 Å². The van der Waals surface area contributed by atoms with E-state index in [-0.39, 0.29) is 0 Å². The molecule has 2 heterocycles. The molecule has 1 saturated heterocycles. The number of fused-ring (bicyclic) bond motifs is 5. The van der Waals surface area contributed by atoms with Gasteiger partial charge < -0.3 is 14.5 Å². The zero-order chi connectivity index (χ0) is 18.9. The third kappa shape index (κ3) is 3.26. The third-order valence-electron chi connectivity index (χ3n) is 6.23. The van der Waals surface area contributed by atoms with E-state index < -0.39 is 0 Å². The highest BCUT2D eigenvalue weighted by Crippen LogP contribution is 2.40. The van der Waals surface area contributed by atoms with Crippen LogP contribution in [0.2, 0.25) is 0 Å². The Morgan fingerprint density at radius 1 is 0.964 bits per heavy atom. The maximum Gasteiger partial charge on any atom is 0.120 e. The predicted molar refractivity (Wildman–Crippen MR) is 113 cm³/mol. The highest BCUT2D eigenvalue weighted by Gasteiger charge is 2.21. The van der Waals surface area contributed by atoms with Gasteiger partial charge in [0.25, 0.3) is 0 Å². The molecular weight excluding hydrogens is 348 g/mol. The summed E-state index contributed by atoms with van der Waals surface area (Å²) in [5.41, 5.74) is 6.49. The molecular formula is C24H28N2O2. The molecule has 3 aromatic rings. The molecule has 0 radical (unpaired) electrons. The van der Waals surface area contributed by atoms with E-state index in [4.69, 9.17) is 9.47 Å². The summed E-state index contributed by atoms with van der Waals surface area (Å²) in [6.45, 7) is 4.22. The molecule has 2 aliphatic rings. The van der Waals surface area contributed by atoms with Gasteiger partial charge in [-0.05, 0) is 80.2 Å². The smallest absolute Gasteiger partial charge is 0.120 e. The van der Waals surface area contributed by atoms with Crippen molar-refractivity contribution in [3.05, 3.63) is 47.5 Å². The quantitative estimate of drug-likeness (QED) is 0.695. The van der Waals surface area contributed by atoms with Crippen molar-refractivity contribution in [2.45, 2.75) is 32.1 Å². The molecule has 0 amide bonds. The van der Waals surface area contributed by atoms with Crippen LogP contribution in [0.1, 0.15) is 30.4 Å². The van der Waals surface area contributed by atoms with E-state index in [1.165, 1.54) is 65.6 Å². The molecule has 0 bridgehead atoms. The summed E-state index contributed by atoms with van der Waals surface area (Å²) >= 11 is 0. The molecule has 1 N–H and O–H groups in total. The summed E-state index contributed by atoms with van der Waals surface area (Å²) in [6, 6.07) is 12.9. The minimum absolute atomic E-state index is 0.759. The van der Waals surface area contributed by atoms with E-state index in [9.17, 15) is 0 Å². The number of aromatic amines is 1. The number of nitrogens with one attached hydrogen (secondary N) is 1. The van der Waals surface area contributed by atoms with Crippen molar-refractivity contribution < 1.29 is 9.47 Å². The van der Waals surface area contributed by atoms with Crippen LogP contribution in [0.15, 0.2) is 36.4 Å². The average molecular weight is 377 g/mol. The summed E-state index contributed by atoms with van der Waals surface area (Å²) in [5.74, 6) is 1.88. The molecule has 4 heteroatoms. The van der Waals surface area contributed by atoms with Crippen molar-refractivity contribution in [2.75, 3.05) is 33.4 Å². The number of rotatable bonds is 5. The number of hydrogen-bond donors (Lipinski definition) is 1. The Hall–Kier alpha value is -2.46. The molecule has 1 aliphatic carbocycles. The standard InChI is InChI=1S/C24H28N2O2/c1-27-18-8-10-23-22(15-18)20-9-6-17-5-7-19(16-21(17)24(20)25-23)28-14-13-26-11-3-2-4-12-26/h5,7-8,10,15-16,25H,2-4,6,9,11-14H2,1H3. The van der Waals surface area contributed by atoms with Crippen LogP contribution in [-0.4, -0.2) is 43.2 Å². The van der Waals surface area contributed by atoms with E-state index in [2.05, 4.69) is 40.2 Å². The first kappa shape index (κ1) is 17.6. The van der Waals surface area contributed by atoms with Crippen molar-refractivity contribution in [1.29, 1.82) is 0 Å². The summed E-state index contributed by atoms with van der Waals surface area (Å²) in [6.07, 6.45) is 6.16. The Bertz CT molecular complexity index is 986. The minimum atomic E-state index is 0.759. The van der Waals surface area contributed by atoms with Crippen LogP contribution >= 0.6 is 0 Å². The van der Waals surface area contributed by atoms with Crippen LogP contribution in [0.3, 0.4) is 0 Å². The summed E-state index contributed by atoms with van der Waals surface area (Å²) in [7, 11) is 1.73. The Morgan fingerprint density at radius 2 is 1.82 bits per heavy atom. The maximum atomic E-state index is 6.12. The van der Waals surface area contributed by atoms with Gasteiger partial charge in [0.15, 0.2) is 0 Å². The first-order valence-electron chi connectivity index (χ1n) is 10.5. The monoisotopic (exact) mass is 376 g/mol.